The lowest BCUT2D eigenvalue weighted by Gasteiger charge is -2.06. The van der Waals surface area contributed by atoms with Gasteiger partial charge in [0.1, 0.15) is 5.82 Å². The summed E-state index contributed by atoms with van der Waals surface area (Å²) >= 11 is 5.89. The van der Waals surface area contributed by atoms with Crippen molar-refractivity contribution in [2.75, 3.05) is 0 Å². The van der Waals surface area contributed by atoms with Gasteiger partial charge in [-0.05, 0) is 55.0 Å². The number of carbonyl (C=O) groups excluding carboxylic acids is 1. The number of ether oxygens (including phenoxy) is 1. The highest BCUT2D eigenvalue weighted by molar-refractivity contribution is 6.30. The Hall–Kier alpha value is -2.99. The minimum atomic E-state index is -0.729. The van der Waals surface area contributed by atoms with Gasteiger partial charge in [0, 0.05) is 16.7 Å². The molecule has 1 atom stereocenters. The Bertz CT molecular complexity index is 938. The lowest BCUT2D eigenvalue weighted by molar-refractivity contribution is -0.143. The van der Waals surface area contributed by atoms with Crippen LogP contribution in [0.15, 0.2) is 59.0 Å². The number of rotatable bonds is 5. The molecule has 2 aromatic carbocycles. The molecule has 0 aliphatic carbocycles. The fourth-order valence-electron chi connectivity index (χ4n) is 2.15. The Morgan fingerprint density at radius 3 is 2.73 bits per heavy atom. The number of hydrogen-bond donors (Lipinski definition) is 0. The van der Waals surface area contributed by atoms with Crippen LogP contribution in [-0.4, -0.2) is 16.2 Å². The number of nitrogens with zero attached hydrogens (tertiary/aromatic N) is 2. The summed E-state index contributed by atoms with van der Waals surface area (Å²) in [4.78, 5) is 11.9. The average Bonchev–Trinajstić information content (AvgIpc) is 3.11. The molecule has 0 radical (unpaired) electrons. The van der Waals surface area contributed by atoms with Crippen LogP contribution in [0.25, 0.3) is 17.5 Å². The van der Waals surface area contributed by atoms with E-state index >= 15 is 0 Å². The van der Waals surface area contributed by atoms with E-state index in [1.807, 2.05) is 6.07 Å². The first-order valence-corrected chi connectivity index (χ1v) is 8.12. The molecule has 0 saturated carbocycles. The molecule has 0 aliphatic rings. The Morgan fingerprint density at radius 1 is 1.23 bits per heavy atom. The van der Waals surface area contributed by atoms with Crippen molar-refractivity contribution in [2.45, 2.75) is 13.0 Å². The van der Waals surface area contributed by atoms with E-state index in [1.54, 1.807) is 31.2 Å². The molecule has 3 aromatic rings. The number of aromatic nitrogens is 2. The van der Waals surface area contributed by atoms with Crippen LogP contribution in [0.4, 0.5) is 4.39 Å². The van der Waals surface area contributed by atoms with E-state index in [0.717, 1.165) is 5.56 Å². The van der Waals surface area contributed by atoms with Crippen molar-refractivity contribution < 1.29 is 18.3 Å². The van der Waals surface area contributed by atoms with Gasteiger partial charge in [0.2, 0.25) is 5.89 Å². The minimum absolute atomic E-state index is 0.147. The largest absolute Gasteiger partial charge is 0.449 e. The highest BCUT2D eigenvalue weighted by atomic mass is 35.5. The van der Waals surface area contributed by atoms with Crippen LogP contribution in [-0.2, 0) is 9.53 Å². The second-order valence-corrected chi connectivity index (χ2v) is 5.86. The maximum absolute atomic E-state index is 13.0. The van der Waals surface area contributed by atoms with E-state index in [0.29, 0.717) is 10.6 Å². The molecule has 26 heavy (non-hydrogen) atoms. The molecule has 132 valence electrons. The summed E-state index contributed by atoms with van der Waals surface area (Å²) in [5, 5.41) is 8.33. The number of hydrogen-bond acceptors (Lipinski definition) is 5. The molecule has 0 saturated heterocycles. The van der Waals surface area contributed by atoms with Gasteiger partial charge in [-0.15, -0.1) is 10.2 Å². The number of carbonyl (C=O) groups is 1. The van der Waals surface area contributed by atoms with Gasteiger partial charge < -0.3 is 9.15 Å². The van der Waals surface area contributed by atoms with E-state index in [2.05, 4.69) is 10.2 Å². The fraction of sp³-hybridized carbons (Fsp3) is 0.105. The lowest BCUT2D eigenvalue weighted by atomic mass is 10.2. The summed E-state index contributed by atoms with van der Waals surface area (Å²) in [5.74, 6) is -0.549. The molecule has 5 nitrogen and oxygen atoms in total. The van der Waals surface area contributed by atoms with Gasteiger partial charge in [-0.1, -0.05) is 23.7 Å². The third kappa shape index (κ3) is 4.55. The zero-order valence-corrected chi connectivity index (χ0v) is 14.5. The van der Waals surface area contributed by atoms with Gasteiger partial charge in [0.15, 0.2) is 6.10 Å². The van der Waals surface area contributed by atoms with Crippen LogP contribution in [0.1, 0.15) is 24.5 Å². The quantitative estimate of drug-likeness (QED) is 0.473. The molecule has 0 unspecified atom stereocenters. The first kappa shape index (κ1) is 17.8. The molecule has 0 fully saturated rings. The summed E-state index contributed by atoms with van der Waals surface area (Å²) in [7, 11) is 0. The van der Waals surface area contributed by atoms with E-state index in [-0.39, 0.29) is 17.6 Å². The van der Waals surface area contributed by atoms with Crippen molar-refractivity contribution in [1.29, 1.82) is 0 Å². The number of halogens is 2. The van der Waals surface area contributed by atoms with Gasteiger partial charge in [0.05, 0.1) is 0 Å². The summed E-state index contributed by atoms with van der Waals surface area (Å²) in [6.45, 7) is 1.62. The molecule has 1 heterocycles. The van der Waals surface area contributed by atoms with E-state index in [1.165, 1.54) is 30.3 Å². The first-order valence-electron chi connectivity index (χ1n) is 7.75. The van der Waals surface area contributed by atoms with Gasteiger partial charge in [-0.25, -0.2) is 9.18 Å². The van der Waals surface area contributed by atoms with Crippen LogP contribution in [0.5, 0.6) is 0 Å². The predicted molar refractivity (Wildman–Crippen MR) is 94.7 cm³/mol. The van der Waals surface area contributed by atoms with Crippen molar-refractivity contribution in [2.24, 2.45) is 0 Å². The molecule has 0 bridgehead atoms. The summed E-state index contributed by atoms with van der Waals surface area (Å²) in [5.41, 5.74) is 1.35. The monoisotopic (exact) mass is 372 g/mol. The molecular formula is C19H14ClFN2O3. The highest BCUT2D eigenvalue weighted by Gasteiger charge is 2.18. The van der Waals surface area contributed by atoms with Crippen molar-refractivity contribution in [3.63, 3.8) is 0 Å². The zero-order valence-electron chi connectivity index (χ0n) is 13.7. The number of benzene rings is 2. The SMILES string of the molecule is C[C@H](OC(=O)/C=C/c1cccc(Cl)c1)c1nnc(-c2ccc(F)cc2)o1. The lowest BCUT2D eigenvalue weighted by Crippen LogP contribution is -2.06. The molecular weight excluding hydrogens is 359 g/mol. The van der Waals surface area contributed by atoms with Gasteiger partial charge in [-0.2, -0.15) is 0 Å². The fourth-order valence-corrected chi connectivity index (χ4v) is 2.35. The second kappa shape index (κ2) is 7.93. The zero-order chi connectivity index (χ0) is 18.5. The summed E-state index contributed by atoms with van der Waals surface area (Å²) in [6, 6.07) is 12.7. The Balaban J connectivity index is 1.63. The molecule has 3 rings (SSSR count). The molecule has 7 heteroatoms. The molecule has 0 spiro atoms. The molecule has 0 aliphatic heterocycles. The molecule has 1 aromatic heterocycles. The van der Waals surface area contributed by atoms with E-state index < -0.39 is 12.1 Å². The van der Waals surface area contributed by atoms with Crippen molar-refractivity contribution >= 4 is 23.6 Å². The topological polar surface area (TPSA) is 65.2 Å². The summed E-state index contributed by atoms with van der Waals surface area (Å²) < 4.78 is 23.7. The summed E-state index contributed by atoms with van der Waals surface area (Å²) in [6.07, 6.45) is 2.16. The number of esters is 1. The van der Waals surface area contributed by atoms with Crippen LogP contribution < -0.4 is 0 Å². The van der Waals surface area contributed by atoms with Crippen molar-refractivity contribution in [3.8, 4) is 11.5 Å². The third-order valence-electron chi connectivity index (χ3n) is 3.43. The minimum Gasteiger partial charge on any atom is -0.449 e. The normalized spacial score (nSPS) is 12.3. The first-order chi connectivity index (χ1) is 12.5. The van der Waals surface area contributed by atoms with E-state index in [4.69, 9.17) is 20.8 Å². The van der Waals surface area contributed by atoms with E-state index in [9.17, 15) is 9.18 Å². The van der Waals surface area contributed by atoms with Gasteiger partial charge >= 0.3 is 5.97 Å². The molecule has 0 amide bonds. The average molecular weight is 373 g/mol. The third-order valence-corrected chi connectivity index (χ3v) is 3.67. The maximum Gasteiger partial charge on any atom is 0.331 e. The smallest absolute Gasteiger partial charge is 0.331 e. The Kier molecular flexibility index (Phi) is 5.43. The van der Waals surface area contributed by atoms with Crippen LogP contribution in [0.3, 0.4) is 0 Å². The Labute approximate surface area is 154 Å². The van der Waals surface area contributed by atoms with Crippen LogP contribution in [0, 0.1) is 5.82 Å². The van der Waals surface area contributed by atoms with Crippen LogP contribution >= 0.6 is 11.6 Å². The predicted octanol–water partition coefficient (Wildman–Crippen LogP) is 4.85. The van der Waals surface area contributed by atoms with Gasteiger partial charge in [-0.3, -0.25) is 0 Å². The van der Waals surface area contributed by atoms with Gasteiger partial charge in [0.25, 0.3) is 5.89 Å². The Morgan fingerprint density at radius 2 is 2.00 bits per heavy atom. The van der Waals surface area contributed by atoms with Crippen LogP contribution in [0.2, 0.25) is 5.02 Å². The van der Waals surface area contributed by atoms with Crippen molar-refractivity contribution in [3.05, 3.63) is 76.9 Å². The highest BCUT2D eigenvalue weighted by Crippen LogP contribution is 2.22. The molecule has 0 N–H and O–H groups in total. The second-order valence-electron chi connectivity index (χ2n) is 5.42. The maximum atomic E-state index is 13.0. The van der Waals surface area contributed by atoms with Crippen molar-refractivity contribution in [1.82, 2.24) is 10.2 Å². The standard InChI is InChI=1S/C19H14ClFN2O3/c1-12(25-17(24)10-5-13-3-2-4-15(20)11-13)18-22-23-19(26-18)14-6-8-16(21)9-7-14/h2-12H,1H3/b10-5+/t12-/m0/s1.